The second-order valence-corrected chi connectivity index (χ2v) is 10.5. The van der Waals surface area contributed by atoms with Crippen LogP contribution in [0.5, 0.6) is 0 Å². The first-order chi connectivity index (χ1) is 14.8. The van der Waals surface area contributed by atoms with Crippen LogP contribution in [0, 0.1) is 19.8 Å². The van der Waals surface area contributed by atoms with Gasteiger partial charge in [-0.25, -0.2) is 8.42 Å². The average Bonchev–Trinajstić information content (AvgIpc) is 3.21. The molecule has 8 nitrogen and oxygen atoms in total. The van der Waals surface area contributed by atoms with E-state index in [2.05, 4.69) is 10.4 Å². The van der Waals surface area contributed by atoms with Crippen LogP contribution in [0.15, 0.2) is 35.4 Å². The molecule has 31 heavy (non-hydrogen) atoms. The lowest BCUT2D eigenvalue weighted by Crippen LogP contribution is -2.43. The highest BCUT2D eigenvalue weighted by Crippen LogP contribution is 2.29. The van der Waals surface area contributed by atoms with Crippen LogP contribution in [0.4, 0.5) is 0 Å². The third-order valence-corrected chi connectivity index (χ3v) is 7.82. The normalized spacial score (nSPS) is 20.4. The van der Waals surface area contributed by atoms with Crippen molar-refractivity contribution < 1.29 is 17.9 Å². The monoisotopic (exact) mass is 446 g/mol. The van der Waals surface area contributed by atoms with E-state index in [4.69, 9.17) is 4.74 Å². The van der Waals surface area contributed by atoms with Gasteiger partial charge in [0.25, 0.3) is 0 Å². The van der Waals surface area contributed by atoms with Crippen molar-refractivity contribution >= 4 is 15.9 Å². The van der Waals surface area contributed by atoms with Gasteiger partial charge in [0.1, 0.15) is 0 Å². The molecule has 1 fully saturated rings. The molecular weight excluding hydrogens is 416 g/mol. The van der Waals surface area contributed by atoms with Gasteiger partial charge in [0.15, 0.2) is 0 Å². The Hall–Kier alpha value is -2.23. The van der Waals surface area contributed by atoms with Crippen LogP contribution >= 0.6 is 0 Å². The molecule has 0 bridgehead atoms. The van der Waals surface area contributed by atoms with Gasteiger partial charge < -0.3 is 10.1 Å². The standard InChI is InChI=1S/C22H30N4O4S/c1-16-9-17(2)11-21(10-16)31(28,29)25-14-19-3-6-24-26(19)20(15-25)12-22(27)23-13-18-4-7-30-8-5-18/h3,6,9-11,18,20H,4-5,7-8,12-15H2,1-2H3,(H,23,27)/t20-/m1/s1. The van der Waals surface area contributed by atoms with E-state index in [0.717, 1.165) is 42.9 Å². The van der Waals surface area contributed by atoms with Crippen LogP contribution in [-0.4, -0.2) is 54.7 Å². The topological polar surface area (TPSA) is 93.5 Å². The molecule has 1 aromatic carbocycles. The lowest BCUT2D eigenvalue weighted by Gasteiger charge is -2.33. The molecule has 1 saturated heterocycles. The van der Waals surface area contributed by atoms with Crippen LogP contribution < -0.4 is 5.32 Å². The van der Waals surface area contributed by atoms with Crippen molar-refractivity contribution in [1.29, 1.82) is 0 Å². The van der Waals surface area contributed by atoms with Gasteiger partial charge in [0.2, 0.25) is 15.9 Å². The Labute approximate surface area is 183 Å². The minimum absolute atomic E-state index is 0.0800. The molecular formula is C22H30N4O4S. The number of sulfonamides is 1. The highest BCUT2D eigenvalue weighted by Gasteiger charge is 2.35. The molecule has 1 aromatic heterocycles. The molecule has 9 heteroatoms. The first-order valence-electron chi connectivity index (χ1n) is 10.8. The molecule has 168 valence electrons. The van der Waals surface area contributed by atoms with Gasteiger partial charge in [-0.1, -0.05) is 6.07 Å². The SMILES string of the molecule is Cc1cc(C)cc(S(=O)(=O)N2Cc3ccnn3[C@H](CC(=O)NCC3CCOCC3)C2)c1. The highest BCUT2D eigenvalue weighted by atomic mass is 32.2. The second-order valence-electron chi connectivity index (χ2n) is 8.61. The molecule has 0 spiro atoms. The van der Waals surface area contributed by atoms with Crippen molar-refractivity contribution in [3.8, 4) is 0 Å². The lowest BCUT2D eigenvalue weighted by molar-refractivity contribution is -0.122. The molecule has 2 aliphatic heterocycles. The predicted octanol–water partition coefficient (Wildman–Crippen LogP) is 2.18. The number of aromatic nitrogens is 2. The number of ether oxygens (including phenoxy) is 1. The largest absolute Gasteiger partial charge is 0.381 e. The number of fused-ring (bicyclic) bond motifs is 1. The van der Waals surface area contributed by atoms with E-state index in [1.54, 1.807) is 23.0 Å². The Morgan fingerprint density at radius 2 is 1.90 bits per heavy atom. The molecule has 1 atom stereocenters. The molecule has 0 aliphatic carbocycles. The molecule has 0 unspecified atom stereocenters. The first-order valence-corrected chi connectivity index (χ1v) is 12.2. The summed E-state index contributed by atoms with van der Waals surface area (Å²) >= 11 is 0. The Bertz CT molecular complexity index is 1020. The Morgan fingerprint density at radius 3 is 2.61 bits per heavy atom. The quantitative estimate of drug-likeness (QED) is 0.734. The number of hydrogen-bond acceptors (Lipinski definition) is 5. The van der Waals surface area contributed by atoms with Crippen LogP contribution in [0.3, 0.4) is 0 Å². The van der Waals surface area contributed by atoms with Gasteiger partial charge >= 0.3 is 0 Å². The van der Waals surface area contributed by atoms with Crippen molar-refractivity contribution in [2.75, 3.05) is 26.3 Å². The van der Waals surface area contributed by atoms with Crippen molar-refractivity contribution in [2.24, 2.45) is 5.92 Å². The van der Waals surface area contributed by atoms with Crippen LogP contribution in [0.2, 0.25) is 0 Å². The summed E-state index contributed by atoms with van der Waals surface area (Å²) in [7, 11) is -3.68. The zero-order chi connectivity index (χ0) is 22.0. The number of carbonyl (C=O) groups is 1. The van der Waals surface area contributed by atoms with Gasteiger partial charge in [-0.05, 0) is 61.9 Å². The second kappa shape index (κ2) is 9.10. The Kier molecular flexibility index (Phi) is 6.45. The summed E-state index contributed by atoms with van der Waals surface area (Å²) in [5, 5.41) is 7.38. The molecule has 3 heterocycles. The number of carbonyl (C=O) groups excluding carboxylic acids is 1. The predicted molar refractivity (Wildman–Crippen MR) is 116 cm³/mol. The Balaban J connectivity index is 1.48. The summed E-state index contributed by atoms with van der Waals surface area (Å²) in [6, 6.07) is 6.83. The minimum atomic E-state index is -3.68. The van der Waals surface area contributed by atoms with E-state index in [1.807, 2.05) is 26.0 Å². The summed E-state index contributed by atoms with van der Waals surface area (Å²) < 4.78 is 35.4. The third kappa shape index (κ3) is 4.99. The summed E-state index contributed by atoms with van der Waals surface area (Å²) in [6.45, 7) is 6.36. The molecule has 0 radical (unpaired) electrons. The maximum atomic E-state index is 13.4. The minimum Gasteiger partial charge on any atom is -0.381 e. The molecule has 2 aromatic rings. The zero-order valence-corrected chi connectivity index (χ0v) is 18.9. The molecule has 2 aliphatic rings. The summed E-state index contributed by atoms with van der Waals surface area (Å²) in [4.78, 5) is 12.9. The Morgan fingerprint density at radius 1 is 1.19 bits per heavy atom. The van der Waals surface area contributed by atoms with Gasteiger partial charge in [-0.15, -0.1) is 0 Å². The third-order valence-electron chi connectivity index (χ3n) is 6.03. The van der Waals surface area contributed by atoms with Gasteiger partial charge in [-0.2, -0.15) is 9.40 Å². The van der Waals surface area contributed by atoms with Gasteiger partial charge in [-0.3, -0.25) is 9.48 Å². The molecule has 1 amide bonds. The van der Waals surface area contributed by atoms with E-state index >= 15 is 0 Å². The van der Waals surface area contributed by atoms with E-state index in [0.29, 0.717) is 17.4 Å². The zero-order valence-electron chi connectivity index (χ0n) is 18.1. The summed E-state index contributed by atoms with van der Waals surface area (Å²) in [5.41, 5.74) is 2.61. The number of rotatable bonds is 6. The van der Waals surface area contributed by atoms with Crippen LogP contribution in [0.1, 0.15) is 42.1 Å². The first kappa shape index (κ1) is 22.0. The fourth-order valence-corrected chi connectivity index (χ4v) is 6.05. The summed E-state index contributed by atoms with van der Waals surface area (Å²) in [5.74, 6) is 0.356. The lowest BCUT2D eigenvalue weighted by atomic mass is 10.0. The van der Waals surface area contributed by atoms with Crippen molar-refractivity contribution in [3.63, 3.8) is 0 Å². The smallest absolute Gasteiger partial charge is 0.243 e. The fourth-order valence-electron chi connectivity index (χ4n) is 4.41. The molecule has 1 N–H and O–H groups in total. The highest BCUT2D eigenvalue weighted by molar-refractivity contribution is 7.89. The van der Waals surface area contributed by atoms with Crippen molar-refractivity contribution in [1.82, 2.24) is 19.4 Å². The van der Waals surface area contributed by atoms with Crippen LogP contribution in [0.25, 0.3) is 0 Å². The van der Waals surface area contributed by atoms with Gasteiger partial charge in [0.05, 0.1) is 29.6 Å². The van der Waals surface area contributed by atoms with Crippen LogP contribution in [-0.2, 0) is 26.1 Å². The maximum absolute atomic E-state index is 13.4. The number of nitrogens with one attached hydrogen (secondary N) is 1. The van der Waals surface area contributed by atoms with Crippen molar-refractivity contribution in [3.05, 3.63) is 47.3 Å². The number of benzene rings is 1. The fraction of sp³-hybridized carbons (Fsp3) is 0.545. The van der Waals surface area contributed by atoms with E-state index in [-0.39, 0.29) is 31.5 Å². The molecule has 0 saturated carbocycles. The average molecular weight is 447 g/mol. The van der Waals surface area contributed by atoms with E-state index in [1.165, 1.54) is 4.31 Å². The van der Waals surface area contributed by atoms with Crippen molar-refractivity contribution in [2.45, 2.75) is 50.6 Å². The maximum Gasteiger partial charge on any atom is 0.243 e. The number of hydrogen-bond donors (Lipinski definition) is 1. The number of amides is 1. The van der Waals surface area contributed by atoms with Gasteiger partial charge in [0, 0.05) is 32.5 Å². The van der Waals surface area contributed by atoms with E-state index in [9.17, 15) is 13.2 Å². The molecule has 4 rings (SSSR count). The number of aryl methyl sites for hydroxylation is 2. The number of nitrogens with zero attached hydrogens (tertiary/aromatic N) is 3. The van der Waals surface area contributed by atoms with E-state index < -0.39 is 10.0 Å². The summed E-state index contributed by atoms with van der Waals surface area (Å²) in [6.07, 6.45) is 3.76.